The summed E-state index contributed by atoms with van der Waals surface area (Å²) in [6, 6.07) is 8.20. The summed E-state index contributed by atoms with van der Waals surface area (Å²) >= 11 is 0. The predicted octanol–water partition coefficient (Wildman–Crippen LogP) is 4.97. The van der Waals surface area contributed by atoms with Crippen molar-refractivity contribution in [2.75, 3.05) is 6.61 Å². The molecule has 0 N–H and O–H groups in total. The lowest BCUT2D eigenvalue weighted by Crippen LogP contribution is -2.31. The third kappa shape index (κ3) is 6.72. The van der Waals surface area contributed by atoms with Crippen molar-refractivity contribution < 1.29 is 27.5 Å². The first-order chi connectivity index (χ1) is 11.5. The van der Waals surface area contributed by atoms with Crippen molar-refractivity contribution in [3.05, 3.63) is 47.5 Å². The molecule has 0 fully saturated rings. The van der Waals surface area contributed by atoms with Crippen LogP contribution >= 0.6 is 0 Å². The van der Waals surface area contributed by atoms with E-state index in [4.69, 9.17) is 4.74 Å². The van der Waals surface area contributed by atoms with E-state index in [0.717, 1.165) is 6.08 Å². The molecule has 0 spiro atoms. The highest BCUT2D eigenvalue weighted by atomic mass is 19.4. The summed E-state index contributed by atoms with van der Waals surface area (Å²) in [5.74, 6) is -2.96. The molecule has 1 unspecified atom stereocenters. The predicted molar refractivity (Wildman–Crippen MR) is 89.1 cm³/mol. The molecule has 0 aliphatic rings. The lowest BCUT2D eigenvalue weighted by molar-refractivity contribution is -0.165. The van der Waals surface area contributed by atoms with Crippen molar-refractivity contribution in [3.63, 3.8) is 0 Å². The van der Waals surface area contributed by atoms with Crippen LogP contribution in [0, 0.1) is 11.3 Å². The van der Waals surface area contributed by atoms with Crippen LogP contribution in [0.5, 0.6) is 0 Å². The molecule has 1 atom stereocenters. The highest BCUT2D eigenvalue weighted by Gasteiger charge is 2.41. The van der Waals surface area contributed by atoms with Crippen LogP contribution in [0.1, 0.15) is 44.5 Å². The van der Waals surface area contributed by atoms with Gasteiger partial charge in [0, 0.05) is 5.56 Å². The maximum atomic E-state index is 13.0. The number of ether oxygens (including phenoxy) is 1. The molecule has 1 rings (SSSR count). The van der Waals surface area contributed by atoms with Gasteiger partial charge in [0.15, 0.2) is 5.78 Å². The minimum atomic E-state index is -4.56. The normalized spacial score (nSPS) is 14.1. The molecule has 1 aromatic carbocycles. The number of hydrogen-bond acceptors (Lipinski definition) is 3. The van der Waals surface area contributed by atoms with E-state index in [0.29, 0.717) is 5.56 Å². The molecule has 1 aromatic rings. The van der Waals surface area contributed by atoms with Gasteiger partial charge in [0.1, 0.15) is 0 Å². The lowest BCUT2D eigenvalue weighted by atomic mass is 9.76. The van der Waals surface area contributed by atoms with Crippen LogP contribution in [0.4, 0.5) is 13.2 Å². The highest BCUT2D eigenvalue weighted by molar-refractivity contribution is 6.05. The first kappa shape index (κ1) is 20.9. The van der Waals surface area contributed by atoms with Crippen molar-refractivity contribution in [3.8, 4) is 0 Å². The zero-order valence-electron chi connectivity index (χ0n) is 14.8. The van der Waals surface area contributed by atoms with E-state index in [1.807, 2.05) is 0 Å². The summed E-state index contributed by atoms with van der Waals surface area (Å²) in [5.41, 5.74) is -0.358. The van der Waals surface area contributed by atoms with Gasteiger partial charge in [0.05, 0.1) is 18.9 Å². The number of rotatable bonds is 6. The quantitative estimate of drug-likeness (QED) is 0.410. The average Bonchev–Trinajstić information content (AvgIpc) is 2.49. The number of carbonyl (C=O) groups excluding carboxylic acids is 2. The standard InChI is InChI=1S/C19H23F3O3/c1-5-25-17(24)14(12-19(20,21)22)15(18(2,3)4)11-16(23)13-9-7-6-8-10-13/h6-11,14H,5,12H2,1-4H3/b15-11-. The van der Waals surface area contributed by atoms with E-state index in [-0.39, 0.29) is 12.2 Å². The van der Waals surface area contributed by atoms with Crippen molar-refractivity contribution in [1.82, 2.24) is 0 Å². The number of benzene rings is 1. The van der Waals surface area contributed by atoms with Gasteiger partial charge >= 0.3 is 12.1 Å². The van der Waals surface area contributed by atoms with Crippen molar-refractivity contribution >= 4 is 11.8 Å². The van der Waals surface area contributed by atoms with Gasteiger partial charge in [-0.25, -0.2) is 0 Å². The summed E-state index contributed by atoms with van der Waals surface area (Å²) in [4.78, 5) is 24.6. The highest BCUT2D eigenvalue weighted by Crippen LogP contribution is 2.38. The molecule has 0 radical (unpaired) electrons. The molecule has 138 valence electrons. The molecule has 0 bridgehead atoms. The molecule has 0 aliphatic carbocycles. The van der Waals surface area contributed by atoms with E-state index in [9.17, 15) is 22.8 Å². The van der Waals surface area contributed by atoms with Gasteiger partial charge in [-0.15, -0.1) is 0 Å². The number of hydrogen-bond donors (Lipinski definition) is 0. The van der Waals surface area contributed by atoms with Crippen LogP contribution in [0.15, 0.2) is 42.0 Å². The second-order valence-corrected chi connectivity index (χ2v) is 6.70. The van der Waals surface area contributed by atoms with Crippen LogP contribution < -0.4 is 0 Å². The molecule has 0 saturated carbocycles. The molecule has 0 amide bonds. The Labute approximate surface area is 145 Å². The maximum absolute atomic E-state index is 13.0. The molecule has 0 aromatic heterocycles. The number of esters is 1. The number of halogens is 3. The van der Waals surface area contributed by atoms with Gasteiger partial charge in [-0.3, -0.25) is 9.59 Å². The van der Waals surface area contributed by atoms with Crippen LogP contribution in [-0.2, 0) is 9.53 Å². The Balaban J connectivity index is 3.35. The minimum absolute atomic E-state index is 0.0305. The molecule has 0 aliphatic heterocycles. The van der Waals surface area contributed by atoms with Gasteiger partial charge in [0.25, 0.3) is 0 Å². The molecular weight excluding hydrogens is 333 g/mol. The van der Waals surface area contributed by atoms with E-state index in [1.54, 1.807) is 51.1 Å². The minimum Gasteiger partial charge on any atom is -0.466 e. The Hall–Kier alpha value is -2.11. The Morgan fingerprint density at radius 1 is 1.12 bits per heavy atom. The summed E-state index contributed by atoms with van der Waals surface area (Å²) in [5, 5.41) is 0. The number of carbonyl (C=O) groups is 2. The van der Waals surface area contributed by atoms with E-state index < -0.39 is 35.7 Å². The summed E-state index contributed by atoms with van der Waals surface area (Å²) < 4.78 is 43.8. The van der Waals surface area contributed by atoms with Gasteiger partial charge in [-0.1, -0.05) is 51.1 Å². The molecular formula is C19H23F3O3. The fraction of sp³-hybridized carbons (Fsp3) is 0.474. The third-order valence-electron chi connectivity index (χ3n) is 3.59. The van der Waals surface area contributed by atoms with Crippen molar-refractivity contribution in [2.45, 2.75) is 40.3 Å². The number of alkyl halides is 3. The fourth-order valence-electron chi connectivity index (χ4n) is 2.46. The lowest BCUT2D eigenvalue weighted by Gasteiger charge is -2.30. The van der Waals surface area contributed by atoms with E-state index in [1.165, 1.54) is 6.92 Å². The largest absolute Gasteiger partial charge is 0.466 e. The molecule has 3 nitrogen and oxygen atoms in total. The Morgan fingerprint density at radius 3 is 2.12 bits per heavy atom. The zero-order chi connectivity index (χ0) is 19.3. The topological polar surface area (TPSA) is 43.4 Å². The monoisotopic (exact) mass is 356 g/mol. The van der Waals surface area contributed by atoms with Crippen LogP contribution in [0.2, 0.25) is 0 Å². The van der Waals surface area contributed by atoms with Gasteiger partial charge in [-0.05, 0) is 24.0 Å². The van der Waals surface area contributed by atoms with Crippen molar-refractivity contribution in [1.29, 1.82) is 0 Å². The summed E-state index contributed by atoms with van der Waals surface area (Å²) in [6.07, 6.45) is -4.78. The second kappa shape index (κ2) is 8.32. The molecule has 0 saturated heterocycles. The van der Waals surface area contributed by atoms with E-state index in [2.05, 4.69) is 0 Å². The molecule has 0 heterocycles. The first-order valence-corrected chi connectivity index (χ1v) is 8.00. The fourth-order valence-corrected chi connectivity index (χ4v) is 2.46. The Bertz CT molecular complexity index is 626. The molecule has 6 heteroatoms. The number of ketones is 1. The van der Waals surface area contributed by atoms with Crippen molar-refractivity contribution in [2.24, 2.45) is 11.3 Å². The SMILES string of the molecule is CCOC(=O)C(CC(F)(F)F)/C(=C/C(=O)c1ccccc1)C(C)(C)C. The Kier molecular flexibility index (Phi) is 6.96. The third-order valence-corrected chi connectivity index (χ3v) is 3.59. The summed E-state index contributed by atoms with van der Waals surface area (Å²) in [6.45, 7) is 6.49. The zero-order valence-corrected chi connectivity index (χ0v) is 14.8. The first-order valence-electron chi connectivity index (χ1n) is 8.00. The van der Waals surface area contributed by atoms with Crippen LogP contribution in [0.3, 0.4) is 0 Å². The van der Waals surface area contributed by atoms with Crippen LogP contribution in [0.25, 0.3) is 0 Å². The average molecular weight is 356 g/mol. The summed E-state index contributed by atoms with van der Waals surface area (Å²) in [7, 11) is 0. The van der Waals surface area contributed by atoms with Crippen LogP contribution in [-0.4, -0.2) is 24.5 Å². The van der Waals surface area contributed by atoms with Gasteiger partial charge in [0.2, 0.25) is 0 Å². The van der Waals surface area contributed by atoms with Gasteiger partial charge in [-0.2, -0.15) is 13.2 Å². The van der Waals surface area contributed by atoms with E-state index >= 15 is 0 Å². The molecule has 25 heavy (non-hydrogen) atoms. The number of allylic oxidation sites excluding steroid dienone is 1. The maximum Gasteiger partial charge on any atom is 0.390 e. The smallest absolute Gasteiger partial charge is 0.390 e. The van der Waals surface area contributed by atoms with Gasteiger partial charge < -0.3 is 4.74 Å². The second-order valence-electron chi connectivity index (χ2n) is 6.70. The Morgan fingerprint density at radius 2 is 1.68 bits per heavy atom.